The van der Waals surface area contributed by atoms with Crippen LogP contribution in [-0.2, 0) is 28.1 Å². The summed E-state index contributed by atoms with van der Waals surface area (Å²) < 4.78 is 43.3. The van der Waals surface area contributed by atoms with E-state index in [9.17, 15) is 18.9 Å². The molecule has 0 aliphatic carbocycles. The number of hydrogen-bond donors (Lipinski definition) is 2. The maximum atomic E-state index is 13.6. The molecule has 1 fully saturated rings. The van der Waals surface area contributed by atoms with Crippen LogP contribution in [0.5, 0.6) is 5.75 Å². The van der Waals surface area contributed by atoms with Crippen LogP contribution in [0.15, 0.2) is 44.5 Å². The fraction of sp³-hybridized carbons (Fsp3) is 0.500. The topological polar surface area (TPSA) is 147 Å². The number of rotatable bonds is 11. The van der Waals surface area contributed by atoms with Crippen LogP contribution in [0.1, 0.15) is 39.0 Å². The van der Waals surface area contributed by atoms with E-state index in [-0.39, 0.29) is 25.1 Å². The predicted molar refractivity (Wildman–Crippen MR) is 133 cm³/mol. The maximum absolute atomic E-state index is 13.6. The smallest absolute Gasteiger partial charge is 0.459 e. The van der Waals surface area contributed by atoms with Crippen molar-refractivity contribution in [2.24, 2.45) is 0 Å². The quantitative estimate of drug-likeness (QED) is 0.296. The van der Waals surface area contributed by atoms with Crippen molar-refractivity contribution in [3.05, 3.63) is 61.3 Å². The number of benzene rings is 1. The minimum atomic E-state index is -4.13. The summed E-state index contributed by atoms with van der Waals surface area (Å²) >= 11 is 3.32. The Morgan fingerprint density at radius 2 is 2.00 bits per heavy atom. The molecule has 0 radical (unpaired) electrons. The lowest BCUT2D eigenvalue weighted by Crippen LogP contribution is -2.37. The average molecular weight is 590 g/mol. The third-order valence-electron chi connectivity index (χ3n) is 5.21. The standard InChI is InChI=1S/C22H29BrN3O9P/c1-5-14(3)33-21(28)15(4)25-36(30,35-17-8-6-16(23)7-9-17)32-12-19-31-11-18(34-19)26-10-13(2)20(27)24-22(26)29/h6-10,14-15,18-19H,5,11-12H2,1-4H3,(H,25,30)(H,24,27,29)/t14?,15?,18-,19-,36?/m1/s1. The molecule has 0 bridgehead atoms. The van der Waals surface area contributed by atoms with Gasteiger partial charge in [-0.1, -0.05) is 22.9 Å². The summed E-state index contributed by atoms with van der Waals surface area (Å²) in [6, 6.07) is 5.53. The first-order valence-electron chi connectivity index (χ1n) is 11.3. The van der Waals surface area contributed by atoms with Crippen molar-refractivity contribution in [1.82, 2.24) is 14.6 Å². The first-order chi connectivity index (χ1) is 17.0. The zero-order chi connectivity index (χ0) is 26.5. The molecular weight excluding hydrogens is 561 g/mol. The Hall–Kier alpha value is -2.28. The van der Waals surface area contributed by atoms with Gasteiger partial charge in [0.2, 0.25) is 0 Å². The van der Waals surface area contributed by atoms with E-state index in [4.69, 9.17) is 23.3 Å². The largest absolute Gasteiger partial charge is 0.462 e. The van der Waals surface area contributed by atoms with Gasteiger partial charge in [0, 0.05) is 16.2 Å². The van der Waals surface area contributed by atoms with Crippen LogP contribution in [0.4, 0.5) is 0 Å². The molecule has 1 aromatic heterocycles. The van der Waals surface area contributed by atoms with Gasteiger partial charge in [-0.3, -0.25) is 23.7 Å². The Labute approximate surface area is 216 Å². The number of nitrogens with zero attached hydrogens (tertiary/aromatic N) is 1. The second-order valence-corrected chi connectivity index (χ2v) is 10.8. The van der Waals surface area contributed by atoms with Crippen molar-refractivity contribution in [2.45, 2.75) is 58.8 Å². The van der Waals surface area contributed by atoms with Gasteiger partial charge in [-0.25, -0.2) is 9.36 Å². The van der Waals surface area contributed by atoms with Gasteiger partial charge in [0.05, 0.1) is 12.7 Å². The average Bonchev–Trinajstić information content (AvgIpc) is 3.30. The van der Waals surface area contributed by atoms with Crippen molar-refractivity contribution in [2.75, 3.05) is 13.2 Å². The molecule has 2 aromatic rings. The van der Waals surface area contributed by atoms with Gasteiger partial charge in [0.1, 0.15) is 18.4 Å². The van der Waals surface area contributed by atoms with Gasteiger partial charge in [-0.05, 0) is 51.5 Å². The number of carbonyl (C=O) groups is 1. The molecule has 3 unspecified atom stereocenters. The normalized spacial score (nSPS) is 20.9. The molecule has 5 atom stereocenters. The van der Waals surface area contributed by atoms with Gasteiger partial charge in [-0.2, -0.15) is 5.09 Å². The number of nitrogens with one attached hydrogen (secondary N) is 2. The minimum absolute atomic E-state index is 0.0116. The molecule has 0 spiro atoms. The molecule has 1 aliphatic heterocycles. The Morgan fingerprint density at radius 3 is 2.67 bits per heavy atom. The number of halogens is 1. The second-order valence-electron chi connectivity index (χ2n) is 8.18. The van der Waals surface area contributed by atoms with Crippen molar-refractivity contribution in [3.8, 4) is 5.75 Å². The number of hydrogen-bond acceptors (Lipinski definition) is 9. The number of H-pyrrole nitrogens is 1. The van der Waals surface area contributed by atoms with Gasteiger partial charge in [0.15, 0.2) is 12.5 Å². The summed E-state index contributed by atoms with van der Waals surface area (Å²) in [6.45, 7) is 6.30. The SMILES string of the molecule is CCC(C)OC(=O)C(C)NP(=O)(OC[C@@H]1OC[C@H](n2cc(C)c(=O)[nH]c2=O)O1)Oc1ccc(Br)cc1. The first-order valence-corrected chi connectivity index (χ1v) is 13.6. The lowest BCUT2D eigenvalue weighted by molar-refractivity contribution is -0.150. The van der Waals surface area contributed by atoms with Crippen molar-refractivity contribution in [1.29, 1.82) is 0 Å². The summed E-state index contributed by atoms with van der Waals surface area (Å²) in [6.07, 6.45) is -0.151. The van der Waals surface area contributed by atoms with Gasteiger partial charge >= 0.3 is 19.4 Å². The number of aromatic amines is 1. The summed E-state index contributed by atoms with van der Waals surface area (Å²) in [5.74, 6) is -0.383. The molecule has 1 aromatic carbocycles. The van der Waals surface area contributed by atoms with Gasteiger partial charge < -0.3 is 18.7 Å². The number of carbonyl (C=O) groups excluding carboxylic acids is 1. The number of aryl methyl sites for hydroxylation is 1. The highest BCUT2D eigenvalue weighted by atomic mass is 79.9. The fourth-order valence-corrected chi connectivity index (χ4v) is 4.77. The molecule has 2 heterocycles. The second kappa shape index (κ2) is 12.3. The molecule has 14 heteroatoms. The Morgan fingerprint density at radius 1 is 1.31 bits per heavy atom. The Balaban J connectivity index is 1.70. The molecule has 1 saturated heterocycles. The highest BCUT2D eigenvalue weighted by Gasteiger charge is 2.36. The van der Waals surface area contributed by atoms with E-state index in [1.165, 1.54) is 17.7 Å². The summed E-state index contributed by atoms with van der Waals surface area (Å²) in [5.41, 5.74) is -0.818. The lowest BCUT2D eigenvalue weighted by Gasteiger charge is -2.24. The van der Waals surface area contributed by atoms with Crippen LogP contribution < -0.4 is 20.9 Å². The highest BCUT2D eigenvalue weighted by molar-refractivity contribution is 9.10. The Bertz CT molecular complexity index is 1220. The van der Waals surface area contributed by atoms with Crippen LogP contribution in [0.25, 0.3) is 0 Å². The molecule has 0 saturated carbocycles. The number of esters is 1. The van der Waals surface area contributed by atoms with Gasteiger partial charge in [0.25, 0.3) is 5.56 Å². The zero-order valence-corrected chi connectivity index (χ0v) is 22.7. The highest BCUT2D eigenvalue weighted by Crippen LogP contribution is 2.45. The van der Waals surface area contributed by atoms with Crippen LogP contribution >= 0.6 is 23.7 Å². The van der Waals surface area contributed by atoms with E-state index in [1.54, 1.807) is 38.1 Å². The first kappa shape index (κ1) is 28.3. The monoisotopic (exact) mass is 589 g/mol. The summed E-state index contributed by atoms with van der Waals surface area (Å²) in [4.78, 5) is 38.3. The van der Waals surface area contributed by atoms with E-state index < -0.39 is 43.5 Å². The molecule has 198 valence electrons. The minimum Gasteiger partial charge on any atom is -0.462 e. The molecule has 36 heavy (non-hydrogen) atoms. The van der Waals surface area contributed by atoms with Crippen molar-refractivity contribution < 1.29 is 32.6 Å². The predicted octanol–water partition coefficient (Wildman–Crippen LogP) is 3.00. The number of ether oxygens (including phenoxy) is 3. The molecule has 1 aliphatic rings. The Kier molecular flexibility index (Phi) is 9.67. The van der Waals surface area contributed by atoms with Crippen molar-refractivity contribution in [3.63, 3.8) is 0 Å². The summed E-state index contributed by atoms with van der Waals surface area (Å²) in [7, 11) is -4.13. The molecule has 3 rings (SSSR count). The van der Waals surface area contributed by atoms with E-state index in [2.05, 4.69) is 26.0 Å². The molecule has 0 amide bonds. The molecule has 2 N–H and O–H groups in total. The van der Waals surface area contributed by atoms with E-state index in [0.29, 0.717) is 12.0 Å². The van der Waals surface area contributed by atoms with Crippen LogP contribution in [-0.4, -0.2) is 47.2 Å². The molecule has 12 nitrogen and oxygen atoms in total. The number of aromatic nitrogens is 2. The van der Waals surface area contributed by atoms with Crippen LogP contribution in [0, 0.1) is 6.92 Å². The third kappa shape index (κ3) is 7.61. The third-order valence-corrected chi connectivity index (χ3v) is 7.38. The fourth-order valence-electron chi connectivity index (χ4n) is 3.03. The lowest BCUT2D eigenvalue weighted by atomic mass is 10.3. The van der Waals surface area contributed by atoms with Crippen LogP contribution in [0.3, 0.4) is 0 Å². The van der Waals surface area contributed by atoms with E-state index in [1.807, 2.05) is 6.92 Å². The van der Waals surface area contributed by atoms with E-state index >= 15 is 0 Å². The summed E-state index contributed by atoms with van der Waals surface area (Å²) in [5, 5.41) is 2.59. The van der Waals surface area contributed by atoms with Gasteiger partial charge in [-0.15, -0.1) is 0 Å². The van der Waals surface area contributed by atoms with E-state index in [0.717, 1.165) is 4.47 Å². The van der Waals surface area contributed by atoms with Crippen LogP contribution in [0.2, 0.25) is 0 Å². The molecular formula is C22H29BrN3O9P. The maximum Gasteiger partial charge on any atom is 0.459 e. The van der Waals surface area contributed by atoms with Crippen molar-refractivity contribution >= 4 is 29.6 Å². The zero-order valence-electron chi connectivity index (χ0n) is 20.3.